The Morgan fingerprint density at radius 1 is 1.18 bits per heavy atom. The van der Waals surface area contributed by atoms with Gasteiger partial charge in [0, 0.05) is 6.54 Å². The van der Waals surface area contributed by atoms with Crippen molar-refractivity contribution >= 4 is 0 Å². The molecule has 0 amide bonds. The van der Waals surface area contributed by atoms with E-state index in [1.807, 2.05) is 0 Å². The van der Waals surface area contributed by atoms with Gasteiger partial charge >= 0.3 is 0 Å². The minimum atomic E-state index is 0.814. The van der Waals surface area contributed by atoms with E-state index in [0.717, 1.165) is 24.3 Å². The molecule has 2 atom stereocenters. The maximum atomic E-state index is 5.57. The number of likely N-dealkylation sites (tertiary alicyclic amines) is 1. The summed E-state index contributed by atoms with van der Waals surface area (Å²) in [5.41, 5.74) is 5.57. The first-order valence-electron chi connectivity index (χ1n) is 7.56. The summed E-state index contributed by atoms with van der Waals surface area (Å²) in [6.07, 6.45) is 6.71. The molecule has 0 spiro atoms. The van der Waals surface area contributed by atoms with Crippen LogP contribution in [0.5, 0.6) is 0 Å². The summed E-state index contributed by atoms with van der Waals surface area (Å²) in [6.45, 7) is 11.9. The third-order valence-electron chi connectivity index (χ3n) is 4.28. The summed E-state index contributed by atoms with van der Waals surface area (Å²) in [4.78, 5) is 2.68. The quantitative estimate of drug-likeness (QED) is 0.773. The van der Waals surface area contributed by atoms with Gasteiger partial charge in [0.05, 0.1) is 0 Å². The standard InChI is InChI=1S/C15H32N2/c1-13(2)15-7-5-10-17(11-8-15)12-14(3)6-4-9-16/h13-15H,4-12,16H2,1-3H3. The first-order chi connectivity index (χ1) is 8.13. The van der Waals surface area contributed by atoms with Crippen LogP contribution in [0.3, 0.4) is 0 Å². The van der Waals surface area contributed by atoms with Crippen LogP contribution in [0.1, 0.15) is 52.9 Å². The second kappa shape index (κ2) is 8.10. The van der Waals surface area contributed by atoms with Gasteiger partial charge in [-0.3, -0.25) is 0 Å². The topological polar surface area (TPSA) is 29.3 Å². The highest BCUT2D eigenvalue weighted by Gasteiger charge is 2.20. The predicted octanol–water partition coefficient (Wildman–Crippen LogP) is 3.12. The molecule has 1 rings (SSSR count). The van der Waals surface area contributed by atoms with Gasteiger partial charge in [0.2, 0.25) is 0 Å². The zero-order valence-corrected chi connectivity index (χ0v) is 12.1. The first kappa shape index (κ1) is 15.0. The van der Waals surface area contributed by atoms with Gasteiger partial charge in [-0.25, -0.2) is 0 Å². The van der Waals surface area contributed by atoms with E-state index in [-0.39, 0.29) is 0 Å². The molecule has 1 aliphatic heterocycles. The van der Waals surface area contributed by atoms with Crippen molar-refractivity contribution in [2.75, 3.05) is 26.2 Å². The zero-order valence-electron chi connectivity index (χ0n) is 12.1. The van der Waals surface area contributed by atoms with Gasteiger partial charge in [-0.1, -0.05) is 20.8 Å². The van der Waals surface area contributed by atoms with Crippen LogP contribution in [-0.4, -0.2) is 31.1 Å². The van der Waals surface area contributed by atoms with Crippen LogP contribution in [0, 0.1) is 17.8 Å². The van der Waals surface area contributed by atoms with Gasteiger partial charge in [-0.15, -0.1) is 0 Å². The highest BCUT2D eigenvalue weighted by atomic mass is 15.1. The van der Waals surface area contributed by atoms with E-state index in [9.17, 15) is 0 Å². The van der Waals surface area contributed by atoms with E-state index in [1.165, 1.54) is 51.7 Å². The molecule has 0 aromatic heterocycles. The molecule has 0 aliphatic carbocycles. The third-order valence-corrected chi connectivity index (χ3v) is 4.28. The van der Waals surface area contributed by atoms with Crippen LogP contribution in [0.4, 0.5) is 0 Å². The second-order valence-electron chi connectivity index (χ2n) is 6.27. The summed E-state index contributed by atoms with van der Waals surface area (Å²) < 4.78 is 0. The maximum Gasteiger partial charge on any atom is 0.000703 e. The molecule has 0 bridgehead atoms. The van der Waals surface area contributed by atoms with Crippen molar-refractivity contribution in [2.24, 2.45) is 23.5 Å². The molecule has 1 fully saturated rings. The molecule has 2 heteroatoms. The van der Waals surface area contributed by atoms with Crippen LogP contribution in [0.15, 0.2) is 0 Å². The molecule has 0 aromatic rings. The molecule has 0 radical (unpaired) electrons. The van der Waals surface area contributed by atoms with Gasteiger partial charge in [-0.2, -0.15) is 0 Å². The fourth-order valence-electron chi connectivity index (χ4n) is 3.03. The molecule has 0 saturated carbocycles. The molecule has 2 nitrogen and oxygen atoms in total. The Balaban J connectivity index is 2.26. The van der Waals surface area contributed by atoms with E-state index in [2.05, 4.69) is 25.7 Å². The number of hydrogen-bond acceptors (Lipinski definition) is 2. The third kappa shape index (κ3) is 5.87. The Hall–Kier alpha value is -0.0800. The fraction of sp³-hybridized carbons (Fsp3) is 1.00. The minimum Gasteiger partial charge on any atom is -0.330 e. The van der Waals surface area contributed by atoms with Crippen LogP contribution in [-0.2, 0) is 0 Å². The van der Waals surface area contributed by atoms with E-state index in [4.69, 9.17) is 5.73 Å². The largest absolute Gasteiger partial charge is 0.330 e. The van der Waals surface area contributed by atoms with Crippen molar-refractivity contribution in [3.63, 3.8) is 0 Å². The predicted molar refractivity (Wildman–Crippen MR) is 76.1 cm³/mol. The number of nitrogens with two attached hydrogens (primary N) is 1. The molecule has 1 heterocycles. The Kier molecular flexibility index (Phi) is 7.14. The average Bonchev–Trinajstić information content (AvgIpc) is 2.52. The highest BCUT2D eigenvalue weighted by molar-refractivity contribution is 4.73. The van der Waals surface area contributed by atoms with Crippen molar-refractivity contribution in [3.8, 4) is 0 Å². The van der Waals surface area contributed by atoms with Crippen molar-refractivity contribution in [1.29, 1.82) is 0 Å². The van der Waals surface area contributed by atoms with Crippen molar-refractivity contribution < 1.29 is 0 Å². The van der Waals surface area contributed by atoms with E-state index in [1.54, 1.807) is 0 Å². The SMILES string of the molecule is CC(CCCN)CN1CCCC(C(C)C)CC1. The number of hydrogen-bond donors (Lipinski definition) is 1. The molecule has 17 heavy (non-hydrogen) atoms. The lowest BCUT2D eigenvalue weighted by atomic mass is 9.89. The normalized spacial score (nSPS) is 24.9. The Morgan fingerprint density at radius 2 is 1.94 bits per heavy atom. The van der Waals surface area contributed by atoms with Gasteiger partial charge < -0.3 is 10.6 Å². The van der Waals surface area contributed by atoms with E-state index in [0.29, 0.717) is 0 Å². The molecule has 102 valence electrons. The van der Waals surface area contributed by atoms with Crippen LogP contribution >= 0.6 is 0 Å². The number of nitrogens with zero attached hydrogens (tertiary/aromatic N) is 1. The molecule has 2 N–H and O–H groups in total. The van der Waals surface area contributed by atoms with Crippen molar-refractivity contribution in [3.05, 3.63) is 0 Å². The van der Waals surface area contributed by atoms with Gasteiger partial charge in [0.25, 0.3) is 0 Å². The van der Waals surface area contributed by atoms with Crippen molar-refractivity contribution in [1.82, 2.24) is 4.90 Å². The summed E-state index contributed by atoms with van der Waals surface area (Å²) in [6, 6.07) is 0. The smallest absolute Gasteiger partial charge is 0.000703 e. The summed E-state index contributed by atoms with van der Waals surface area (Å²) >= 11 is 0. The number of rotatable bonds is 6. The Bertz CT molecular complexity index is 191. The summed E-state index contributed by atoms with van der Waals surface area (Å²) in [5, 5.41) is 0. The summed E-state index contributed by atoms with van der Waals surface area (Å²) in [7, 11) is 0. The van der Waals surface area contributed by atoms with Gasteiger partial charge in [-0.05, 0) is 69.5 Å². The molecular weight excluding hydrogens is 208 g/mol. The van der Waals surface area contributed by atoms with Gasteiger partial charge in [0.1, 0.15) is 0 Å². The molecule has 2 unspecified atom stereocenters. The molecule has 0 aromatic carbocycles. The van der Waals surface area contributed by atoms with Crippen molar-refractivity contribution in [2.45, 2.75) is 52.9 Å². The van der Waals surface area contributed by atoms with E-state index >= 15 is 0 Å². The maximum absolute atomic E-state index is 5.57. The lowest BCUT2D eigenvalue weighted by molar-refractivity contribution is 0.232. The monoisotopic (exact) mass is 240 g/mol. The lowest BCUT2D eigenvalue weighted by Crippen LogP contribution is -2.30. The minimum absolute atomic E-state index is 0.814. The fourth-order valence-corrected chi connectivity index (χ4v) is 3.03. The first-order valence-corrected chi connectivity index (χ1v) is 7.56. The highest BCUT2D eigenvalue weighted by Crippen LogP contribution is 2.25. The van der Waals surface area contributed by atoms with Crippen LogP contribution < -0.4 is 5.73 Å². The zero-order chi connectivity index (χ0) is 12.7. The Morgan fingerprint density at radius 3 is 2.59 bits per heavy atom. The molecule has 1 saturated heterocycles. The lowest BCUT2D eigenvalue weighted by Gasteiger charge is -2.24. The summed E-state index contributed by atoms with van der Waals surface area (Å²) in [5.74, 6) is 2.64. The molecule has 1 aliphatic rings. The Labute approximate surface area is 108 Å². The van der Waals surface area contributed by atoms with Gasteiger partial charge in [0.15, 0.2) is 0 Å². The second-order valence-corrected chi connectivity index (χ2v) is 6.27. The average molecular weight is 240 g/mol. The van der Waals surface area contributed by atoms with Crippen LogP contribution in [0.25, 0.3) is 0 Å². The molecular formula is C15H32N2. The van der Waals surface area contributed by atoms with E-state index < -0.39 is 0 Å². The van der Waals surface area contributed by atoms with Crippen LogP contribution in [0.2, 0.25) is 0 Å².